The summed E-state index contributed by atoms with van der Waals surface area (Å²) in [4.78, 5) is 12.4. The first-order valence-electron chi connectivity index (χ1n) is 7.47. The number of fused-ring (bicyclic) bond motifs is 1. The van der Waals surface area contributed by atoms with Crippen LogP contribution in [0.3, 0.4) is 0 Å². The lowest BCUT2D eigenvalue weighted by atomic mass is 10.00. The SMILES string of the molecule is N#C/C(=C\c1ccccc1)C(=O)NC1CCOc2ccccc21. The van der Waals surface area contributed by atoms with Gasteiger partial charge in [-0.2, -0.15) is 5.26 Å². The predicted octanol–water partition coefficient (Wildman–Crippen LogP) is 3.23. The molecule has 23 heavy (non-hydrogen) atoms. The number of hydrogen-bond donors (Lipinski definition) is 1. The zero-order valence-electron chi connectivity index (χ0n) is 12.5. The Balaban J connectivity index is 1.79. The Morgan fingerprint density at radius 2 is 1.91 bits per heavy atom. The van der Waals surface area contributed by atoms with Crippen molar-refractivity contribution in [2.45, 2.75) is 12.5 Å². The van der Waals surface area contributed by atoms with E-state index in [0.29, 0.717) is 13.0 Å². The smallest absolute Gasteiger partial charge is 0.262 e. The number of nitriles is 1. The lowest BCUT2D eigenvalue weighted by molar-refractivity contribution is -0.117. The summed E-state index contributed by atoms with van der Waals surface area (Å²) in [5, 5.41) is 12.2. The van der Waals surface area contributed by atoms with Crippen molar-refractivity contribution in [2.75, 3.05) is 6.61 Å². The summed E-state index contributed by atoms with van der Waals surface area (Å²) in [5.41, 5.74) is 1.87. The van der Waals surface area contributed by atoms with E-state index in [0.717, 1.165) is 16.9 Å². The van der Waals surface area contributed by atoms with Crippen molar-refractivity contribution < 1.29 is 9.53 Å². The molecule has 4 nitrogen and oxygen atoms in total. The van der Waals surface area contributed by atoms with Crippen LogP contribution in [0.2, 0.25) is 0 Å². The Labute approximate surface area is 135 Å². The van der Waals surface area contributed by atoms with Gasteiger partial charge in [0.2, 0.25) is 0 Å². The Bertz CT molecular complexity index is 775. The number of para-hydroxylation sites is 1. The normalized spacial score (nSPS) is 16.7. The Kier molecular flexibility index (Phi) is 4.39. The molecular weight excluding hydrogens is 288 g/mol. The summed E-state index contributed by atoms with van der Waals surface area (Å²) in [7, 11) is 0. The minimum Gasteiger partial charge on any atom is -0.493 e. The number of benzene rings is 2. The highest BCUT2D eigenvalue weighted by Crippen LogP contribution is 2.31. The molecule has 1 atom stereocenters. The molecule has 0 saturated heterocycles. The molecule has 1 aliphatic rings. The summed E-state index contributed by atoms with van der Waals surface area (Å²) in [5.74, 6) is 0.424. The maximum atomic E-state index is 12.4. The summed E-state index contributed by atoms with van der Waals surface area (Å²) in [6, 6.07) is 18.8. The van der Waals surface area contributed by atoms with Crippen LogP contribution in [0.4, 0.5) is 0 Å². The molecule has 3 rings (SSSR count). The van der Waals surface area contributed by atoms with E-state index in [2.05, 4.69) is 5.32 Å². The summed E-state index contributed by atoms with van der Waals surface area (Å²) in [6.07, 6.45) is 2.29. The van der Waals surface area contributed by atoms with Crippen LogP contribution in [0.15, 0.2) is 60.2 Å². The molecule has 1 amide bonds. The van der Waals surface area contributed by atoms with Gasteiger partial charge in [-0.15, -0.1) is 0 Å². The second-order valence-corrected chi connectivity index (χ2v) is 5.28. The molecule has 0 saturated carbocycles. The van der Waals surface area contributed by atoms with Gasteiger partial charge in [0.05, 0.1) is 12.6 Å². The van der Waals surface area contributed by atoms with Crippen molar-refractivity contribution in [1.29, 1.82) is 5.26 Å². The van der Waals surface area contributed by atoms with E-state index >= 15 is 0 Å². The van der Waals surface area contributed by atoms with Crippen LogP contribution in [0.1, 0.15) is 23.6 Å². The number of rotatable bonds is 3. The largest absolute Gasteiger partial charge is 0.493 e. The quantitative estimate of drug-likeness (QED) is 0.699. The molecule has 0 radical (unpaired) electrons. The van der Waals surface area contributed by atoms with Crippen LogP contribution >= 0.6 is 0 Å². The average molecular weight is 304 g/mol. The fourth-order valence-electron chi connectivity index (χ4n) is 2.59. The van der Waals surface area contributed by atoms with E-state index in [9.17, 15) is 10.1 Å². The third-order valence-corrected chi connectivity index (χ3v) is 3.74. The van der Waals surface area contributed by atoms with Gasteiger partial charge in [0.15, 0.2) is 0 Å². The monoisotopic (exact) mass is 304 g/mol. The number of carbonyl (C=O) groups is 1. The topological polar surface area (TPSA) is 62.1 Å². The van der Waals surface area contributed by atoms with Gasteiger partial charge in [-0.3, -0.25) is 4.79 Å². The molecule has 0 spiro atoms. The molecule has 4 heteroatoms. The van der Waals surface area contributed by atoms with Gasteiger partial charge in [-0.25, -0.2) is 0 Å². The molecule has 114 valence electrons. The number of ether oxygens (including phenoxy) is 1. The van der Waals surface area contributed by atoms with Crippen molar-refractivity contribution in [2.24, 2.45) is 0 Å². The van der Waals surface area contributed by atoms with Gasteiger partial charge in [-0.1, -0.05) is 48.5 Å². The van der Waals surface area contributed by atoms with Crippen LogP contribution in [0.25, 0.3) is 6.08 Å². The fraction of sp³-hybridized carbons (Fsp3) is 0.158. The van der Waals surface area contributed by atoms with Crippen molar-refractivity contribution in [3.05, 3.63) is 71.3 Å². The maximum Gasteiger partial charge on any atom is 0.262 e. The van der Waals surface area contributed by atoms with E-state index < -0.39 is 0 Å². The third-order valence-electron chi connectivity index (χ3n) is 3.74. The number of carbonyl (C=O) groups excluding carboxylic acids is 1. The summed E-state index contributed by atoms with van der Waals surface area (Å²) in [6.45, 7) is 0.548. The zero-order chi connectivity index (χ0) is 16.1. The van der Waals surface area contributed by atoms with Gasteiger partial charge in [0.1, 0.15) is 17.4 Å². The number of nitrogens with one attached hydrogen (secondary N) is 1. The second kappa shape index (κ2) is 6.80. The van der Waals surface area contributed by atoms with Crippen LogP contribution in [-0.4, -0.2) is 12.5 Å². The molecule has 0 fully saturated rings. The Morgan fingerprint density at radius 1 is 1.17 bits per heavy atom. The molecule has 1 heterocycles. The van der Waals surface area contributed by atoms with Gasteiger partial charge < -0.3 is 10.1 Å². The summed E-state index contributed by atoms with van der Waals surface area (Å²) >= 11 is 0. The molecule has 0 aromatic heterocycles. The highest BCUT2D eigenvalue weighted by molar-refractivity contribution is 6.01. The Hall–Kier alpha value is -3.06. The van der Waals surface area contributed by atoms with Gasteiger partial charge >= 0.3 is 0 Å². The predicted molar refractivity (Wildman–Crippen MR) is 87.5 cm³/mol. The van der Waals surface area contributed by atoms with E-state index in [4.69, 9.17) is 4.74 Å². The molecule has 0 bridgehead atoms. The lowest BCUT2D eigenvalue weighted by Crippen LogP contribution is -2.32. The van der Waals surface area contributed by atoms with Crippen molar-refractivity contribution >= 4 is 12.0 Å². The first kappa shape index (κ1) is 14.9. The van der Waals surface area contributed by atoms with Crippen LogP contribution in [0.5, 0.6) is 5.75 Å². The van der Waals surface area contributed by atoms with Crippen molar-refractivity contribution in [3.63, 3.8) is 0 Å². The molecule has 0 aliphatic carbocycles. The maximum absolute atomic E-state index is 12.4. The van der Waals surface area contributed by atoms with Crippen LogP contribution < -0.4 is 10.1 Å². The lowest BCUT2D eigenvalue weighted by Gasteiger charge is -2.26. The highest BCUT2D eigenvalue weighted by atomic mass is 16.5. The minimum absolute atomic E-state index is 0.0974. The van der Waals surface area contributed by atoms with Crippen molar-refractivity contribution in [1.82, 2.24) is 5.32 Å². The molecule has 1 N–H and O–H groups in total. The van der Waals surface area contributed by atoms with Gasteiger partial charge in [-0.05, 0) is 17.7 Å². The second-order valence-electron chi connectivity index (χ2n) is 5.28. The van der Waals surface area contributed by atoms with Gasteiger partial charge in [0.25, 0.3) is 5.91 Å². The first-order valence-corrected chi connectivity index (χ1v) is 7.47. The Morgan fingerprint density at radius 3 is 2.70 bits per heavy atom. The van der Waals surface area contributed by atoms with Gasteiger partial charge in [0, 0.05) is 12.0 Å². The number of amides is 1. The van der Waals surface area contributed by atoms with E-state index in [-0.39, 0.29) is 17.5 Å². The zero-order valence-corrected chi connectivity index (χ0v) is 12.5. The fourth-order valence-corrected chi connectivity index (χ4v) is 2.59. The minimum atomic E-state index is -0.363. The summed E-state index contributed by atoms with van der Waals surface area (Å²) < 4.78 is 5.59. The van der Waals surface area contributed by atoms with Crippen molar-refractivity contribution in [3.8, 4) is 11.8 Å². The third kappa shape index (κ3) is 3.41. The molecule has 1 unspecified atom stereocenters. The van der Waals surface area contributed by atoms with E-state index in [1.54, 1.807) is 6.08 Å². The highest BCUT2D eigenvalue weighted by Gasteiger charge is 2.23. The van der Waals surface area contributed by atoms with Crippen LogP contribution in [-0.2, 0) is 4.79 Å². The standard InChI is InChI=1S/C19H16N2O2/c20-13-15(12-14-6-2-1-3-7-14)19(22)21-17-10-11-23-18-9-5-4-8-16(17)18/h1-9,12,17H,10-11H2,(H,21,22)/b15-12+. The number of hydrogen-bond acceptors (Lipinski definition) is 3. The van der Waals surface area contributed by atoms with E-state index in [1.165, 1.54) is 0 Å². The average Bonchev–Trinajstić information content (AvgIpc) is 2.61. The van der Waals surface area contributed by atoms with E-state index in [1.807, 2.05) is 60.7 Å². The molecule has 2 aromatic carbocycles. The number of nitrogens with zero attached hydrogens (tertiary/aromatic N) is 1. The molecular formula is C19H16N2O2. The first-order chi connectivity index (χ1) is 11.3. The molecule has 2 aromatic rings. The van der Waals surface area contributed by atoms with Crippen LogP contribution in [0, 0.1) is 11.3 Å². The molecule has 1 aliphatic heterocycles.